The van der Waals surface area contributed by atoms with Crippen molar-refractivity contribution in [1.82, 2.24) is 15.6 Å². The third kappa shape index (κ3) is 5.61. The Morgan fingerprint density at radius 3 is 2.62 bits per heavy atom. The van der Waals surface area contributed by atoms with E-state index in [4.69, 9.17) is 9.15 Å². The molecule has 0 saturated heterocycles. The number of aryl methyl sites for hydroxylation is 2. The van der Waals surface area contributed by atoms with Crippen LogP contribution in [0.4, 0.5) is 0 Å². The highest BCUT2D eigenvalue weighted by atomic mass is 16.5. The van der Waals surface area contributed by atoms with Crippen LogP contribution in [0.2, 0.25) is 0 Å². The summed E-state index contributed by atoms with van der Waals surface area (Å²) >= 11 is 0. The minimum atomic E-state index is 0.0162. The third-order valence-electron chi connectivity index (χ3n) is 3.43. The van der Waals surface area contributed by atoms with Crippen molar-refractivity contribution >= 4 is 5.96 Å². The summed E-state index contributed by atoms with van der Waals surface area (Å²) in [6.45, 7) is 9.70. The molecule has 130 valence electrons. The average Bonchev–Trinajstić information content (AvgIpc) is 2.89. The van der Waals surface area contributed by atoms with Gasteiger partial charge in [-0.15, -0.1) is 0 Å². The Bertz CT molecular complexity index is 633. The molecule has 2 N–H and O–H groups in total. The van der Waals surface area contributed by atoms with Gasteiger partial charge in [0.15, 0.2) is 5.96 Å². The molecule has 1 unspecified atom stereocenters. The summed E-state index contributed by atoms with van der Waals surface area (Å²) in [6, 6.07) is 9.78. The SMILES string of the molecule is CCNC(=NCc1nc(C)c(C)o1)NCC(C)Oc1ccccc1. The Hall–Kier alpha value is -2.50. The summed E-state index contributed by atoms with van der Waals surface area (Å²) in [7, 11) is 0. The highest BCUT2D eigenvalue weighted by Gasteiger charge is 2.07. The van der Waals surface area contributed by atoms with Crippen LogP contribution in [0.15, 0.2) is 39.7 Å². The van der Waals surface area contributed by atoms with Gasteiger partial charge in [0, 0.05) is 6.54 Å². The monoisotopic (exact) mass is 330 g/mol. The Labute approximate surface area is 143 Å². The van der Waals surface area contributed by atoms with Crippen LogP contribution in [0.25, 0.3) is 0 Å². The summed E-state index contributed by atoms with van der Waals surface area (Å²) in [5.74, 6) is 3.04. The van der Waals surface area contributed by atoms with E-state index in [1.54, 1.807) is 0 Å². The molecule has 1 atom stereocenters. The first-order valence-corrected chi connectivity index (χ1v) is 8.25. The van der Waals surface area contributed by atoms with E-state index >= 15 is 0 Å². The molecule has 1 heterocycles. The summed E-state index contributed by atoms with van der Waals surface area (Å²) in [5.41, 5.74) is 0.906. The molecule has 0 aliphatic carbocycles. The van der Waals surface area contributed by atoms with Crippen molar-refractivity contribution in [2.24, 2.45) is 4.99 Å². The number of hydrogen-bond donors (Lipinski definition) is 2. The number of ether oxygens (including phenoxy) is 1. The van der Waals surface area contributed by atoms with E-state index in [2.05, 4.69) is 20.6 Å². The second kappa shape index (κ2) is 8.96. The summed E-state index contributed by atoms with van der Waals surface area (Å²) in [4.78, 5) is 8.84. The smallest absolute Gasteiger partial charge is 0.216 e. The topological polar surface area (TPSA) is 71.7 Å². The number of guanidine groups is 1. The number of rotatable bonds is 7. The Balaban J connectivity index is 1.86. The predicted octanol–water partition coefficient (Wildman–Crippen LogP) is 2.81. The lowest BCUT2D eigenvalue weighted by Gasteiger charge is -2.17. The van der Waals surface area contributed by atoms with E-state index in [-0.39, 0.29) is 6.10 Å². The highest BCUT2D eigenvalue weighted by molar-refractivity contribution is 5.79. The van der Waals surface area contributed by atoms with Gasteiger partial charge in [0.25, 0.3) is 0 Å². The second-order valence-corrected chi connectivity index (χ2v) is 5.57. The van der Waals surface area contributed by atoms with Gasteiger partial charge in [-0.3, -0.25) is 0 Å². The van der Waals surface area contributed by atoms with Crippen LogP contribution < -0.4 is 15.4 Å². The van der Waals surface area contributed by atoms with Crippen LogP contribution >= 0.6 is 0 Å². The minimum absolute atomic E-state index is 0.0162. The number of aliphatic imine (C=N–C) groups is 1. The zero-order valence-electron chi connectivity index (χ0n) is 14.8. The Kier molecular flexibility index (Phi) is 6.66. The molecule has 0 aliphatic heterocycles. The lowest BCUT2D eigenvalue weighted by molar-refractivity contribution is 0.224. The van der Waals surface area contributed by atoms with E-state index in [1.807, 2.05) is 58.0 Å². The van der Waals surface area contributed by atoms with Gasteiger partial charge in [-0.05, 0) is 39.8 Å². The molecule has 2 aromatic rings. The number of para-hydroxylation sites is 1. The molecule has 6 heteroatoms. The molecule has 0 saturated carbocycles. The van der Waals surface area contributed by atoms with Crippen LogP contribution in [0.5, 0.6) is 5.75 Å². The molecule has 0 aliphatic rings. The number of nitrogens with one attached hydrogen (secondary N) is 2. The van der Waals surface area contributed by atoms with Gasteiger partial charge in [0.2, 0.25) is 5.89 Å². The van der Waals surface area contributed by atoms with Crippen LogP contribution in [0, 0.1) is 13.8 Å². The predicted molar refractivity (Wildman–Crippen MR) is 95.3 cm³/mol. The maximum absolute atomic E-state index is 5.85. The molecule has 0 amide bonds. The van der Waals surface area contributed by atoms with Crippen LogP contribution in [-0.2, 0) is 6.54 Å². The van der Waals surface area contributed by atoms with Crippen molar-refractivity contribution in [3.8, 4) is 5.75 Å². The quantitative estimate of drug-likeness (QED) is 0.603. The van der Waals surface area contributed by atoms with Crippen molar-refractivity contribution in [2.75, 3.05) is 13.1 Å². The van der Waals surface area contributed by atoms with E-state index in [0.717, 1.165) is 29.7 Å². The van der Waals surface area contributed by atoms with Crippen molar-refractivity contribution in [2.45, 2.75) is 40.3 Å². The summed E-state index contributed by atoms with van der Waals surface area (Å²) in [6.07, 6.45) is 0.0162. The second-order valence-electron chi connectivity index (χ2n) is 5.57. The van der Waals surface area contributed by atoms with E-state index in [9.17, 15) is 0 Å². The van der Waals surface area contributed by atoms with E-state index in [0.29, 0.717) is 19.0 Å². The molecule has 1 aromatic heterocycles. The van der Waals surface area contributed by atoms with Gasteiger partial charge < -0.3 is 19.8 Å². The van der Waals surface area contributed by atoms with E-state index < -0.39 is 0 Å². The molecule has 2 rings (SSSR count). The fourth-order valence-electron chi connectivity index (χ4n) is 2.11. The fraction of sp³-hybridized carbons (Fsp3) is 0.444. The van der Waals surface area contributed by atoms with Crippen molar-refractivity contribution in [3.63, 3.8) is 0 Å². The zero-order chi connectivity index (χ0) is 17.4. The van der Waals surface area contributed by atoms with Gasteiger partial charge in [0.1, 0.15) is 24.2 Å². The molecule has 24 heavy (non-hydrogen) atoms. The Morgan fingerprint density at radius 2 is 2.00 bits per heavy atom. The first kappa shape index (κ1) is 17.8. The standard InChI is InChI=1S/C18H26N4O2/c1-5-19-18(21-12-17-22-14(3)15(4)24-17)20-11-13(2)23-16-9-7-6-8-10-16/h6-10,13H,5,11-12H2,1-4H3,(H2,19,20,21). The number of aromatic nitrogens is 1. The van der Waals surface area contributed by atoms with Crippen LogP contribution in [0.1, 0.15) is 31.2 Å². The lowest BCUT2D eigenvalue weighted by Crippen LogP contribution is -2.41. The molecular formula is C18H26N4O2. The van der Waals surface area contributed by atoms with Gasteiger partial charge >= 0.3 is 0 Å². The lowest BCUT2D eigenvalue weighted by atomic mass is 10.3. The van der Waals surface area contributed by atoms with Crippen LogP contribution in [-0.4, -0.2) is 30.1 Å². The highest BCUT2D eigenvalue weighted by Crippen LogP contribution is 2.10. The van der Waals surface area contributed by atoms with Gasteiger partial charge in [-0.2, -0.15) is 0 Å². The van der Waals surface area contributed by atoms with Crippen molar-refractivity contribution < 1.29 is 9.15 Å². The first-order valence-electron chi connectivity index (χ1n) is 8.25. The molecule has 6 nitrogen and oxygen atoms in total. The number of oxazole rings is 1. The summed E-state index contributed by atoms with van der Waals surface area (Å²) in [5, 5.41) is 6.48. The molecule has 0 bridgehead atoms. The maximum Gasteiger partial charge on any atom is 0.216 e. The molecule has 0 radical (unpaired) electrons. The zero-order valence-corrected chi connectivity index (χ0v) is 14.8. The van der Waals surface area contributed by atoms with Crippen molar-refractivity contribution in [3.05, 3.63) is 47.7 Å². The van der Waals surface area contributed by atoms with Gasteiger partial charge in [-0.25, -0.2) is 9.98 Å². The normalized spacial score (nSPS) is 12.8. The molecule has 0 fully saturated rings. The maximum atomic E-state index is 5.85. The van der Waals surface area contributed by atoms with Gasteiger partial charge in [-0.1, -0.05) is 18.2 Å². The fourth-order valence-corrected chi connectivity index (χ4v) is 2.11. The number of benzene rings is 1. The molecular weight excluding hydrogens is 304 g/mol. The van der Waals surface area contributed by atoms with Crippen molar-refractivity contribution in [1.29, 1.82) is 0 Å². The first-order chi connectivity index (χ1) is 11.6. The largest absolute Gasteiger partial charge is 0.489 e. The van der Waals surface area contributed by atoms with Crippen LogP contribution in [0.3, 0.4) is 0 Å². The minimum Gasteiger partial charge on any atom is -0.489 e. The Morgan fingerprint density at radius 1 is 1.25 bits per heavy atom. The average molecular weight is 330 g/mol. The molecule has 0 spiro atoms. The number of hydrogen-bond acceptors (Lipinski definition) is 4. The summed E-state index contributed by atoms with van der Waals surface area (Å²) < 4.78 is 11.4. The third-order valence-corrected chi connectivity index (χ3v) is 3.43. The number of nitrogens with zero attached hydrogens (tertiary/aromatic N) is 2. The molecule has 1 aromatic carbocycles. The van der Waals surface area contributed by atoms with Gasteiger partial charge in [0.05, 0.1) is 12.2 Å². The van der Waals surface area contributed by atoms with E-state index in [1.165, 1.54) is 0 Å².